The first-order chi connectivity index (χ1) is 6.52. The van der Waals surface area contributed by atoms with Gasteiger partial charge >= 0.3 is 0 Å². The molecule has 0 spiro atoms. The molecular formula is C9H5B3FN. The average Bonchev–Trinajstić information content (AvgIpc) is 2.38. The summed E-state index contributed by atoms with van der Waals surface area (Å²) in [6.07, 6.45) is 1.68. The van der Waals surface area contributed by atoms with Crippen molar-refractivity contribution in [3.63, 3.8) is 0 Å². The zero-order valence-corrected chi connectivity index (χ0v) is 7.71. The lowest BCUT2D eigenvalue weighted by atomic mass is 9.77. The van der Waals surface area contributed by atoms with E-state index in [-0.39, 0.29) is 10.9 Å². The maximum atomic E-state index is 13.2. The molecule has 1 heterocycles. The number of aryl methyl sites for hydroxylation is 1. The van der Waals surface area contributed by atoms with Crippen LogP contribution in [0.3, 0.4) is 0 Å². The Kier molecular flexibility index (Phi) is 1.98. The summed E-state index contributed by atoms with van der Waals surface area (Å²) in [7, 11) is 16.8. The van der Waals surface area contributed by atoms with E-state index in [0.717, 1.165) is 5.56 Å². The van der Waals surface area contributed by atoms with Crippen LogP contribution in [0.25, 0.3) is 10.9 Å². The number of fused-ring (bicyclic) bond motifs is 1. The molecule has 0 unspecified atom stereocenters. The first-order valence-corrected chi connectivity index (χ1v) is 4.12. The molecule has 0 bridgehead atoms. The van der Waals surface area contributed by atoms with Gasteiger partial charge in [0.15, 0.2) is 0 Å². The highest BCUT2D eigenvalue weighted by molar-refractivity contribution is 6.53. The minimum absolute atomic E-state index is 0.0215. The Labute approximate surface area is 85.5 Å². The normalized spacial score (nSPS) is 11.0. The summed E-state index contributed by atoms with van der Waals surface area (Å²) in [5.41, 5.74) is 1.66. The molecule has 0 N–H and O–H groups in total. The van der Waals surface area contributed by atoms with Crippen molar-refractivity contribution in [2.75, 3.05) is 0 Å². The van der Waals surface area contributed by atoms with Gasteiger partial charge in [-0.25, -0.2) is 4.39 Å². The molecule has 0 aliphatic rings. The zero-order valence-electron chi connectivity index (χ0n) is 7.71. The summed E-state index contributed by atoms with van der Waals surface area (Å²) in [5.74, 6) is -0.542. The molecular weight excluding hydrogens is 174 g/mol. The largest absolute Gasteiger partial charge is 0.403 e. The average molecular weight is 179 g/mol. The fourth-order valence-corrected chi connectivity index (χ4v) is 1.63. The maximum absolute atomic E-state index is 13.2. The topological polar surface area (TPSA) is 4.93 Å². The molecule has 6 radical (unpaired) electrons. The molecule has 0 fully saturated rings. The molecule has 2 rings (SSSR count). The molecule has 0 saturated heterocycles. The summed E-state index contributed by atoms with van der Waals surface area (Å²) < 4.78 is 14.6. The zero-order chi connectivity index (χ0) is 10.5. The fraction of sp³-hybridized carbons (Fsp3) is 0.111. The third-order valence-corrected chi connectivity index (χ3v) is 2.34. The van der Waals surface area contributed by atoms with Crippen molar-refractivity contribution in [2.24, 2.45) is 0 Å². The van der Waals surface area contributed by atoms with Crippen molar-refractivity contribution in [3.8, 4) is 0 Å². The monoisotopic (exact) mass is 179 g/mol. The maximum Gasteiger partial charge on any atom is 0.234 e. The standard InChI is InChI=1S/C9H5B3FN/c1-4-3-14(12)6-2-5(13)8(10)9(11)7(4)6/h2-3H,1H3. The number of rotatable bonds is 0. The van der Waals surface area contributed by atoms with E-state index in [1.807, 2.05) is 6.92 Å². The summed E-state index contributed by atoms with van der Waals surface area (Å²) in [4.78, 5) is 0. The second-order valence-corrected chi connectivity index (χ2v) is 3.30. The summed E-state index contributed by atoms with van der Waals surface area (Å²) in [6.45, 7) is 1.85. The second-order valence-electron chi connectivity index (χ2n) is 3.30. The Balaban J connectivity index is 3.01. The van der Waals surface area contributed by atoms with E-state index in [2.05, 4.69) is 0 Å². The SMILES string of the molecule is [B]c1c(F)cc2c(c(C)cn2[B])c1[B]. The molecule has 0 amide bonds. The quantitative estimate of drug-likeness (QED) is 0.485. The van der Waals surface area contributed by atoms with Crippen LogP contribution in [0.4, 0.5) is 4.39 Å². The predicted octanol–water partition coefficient (Wildman–Crippen LogP) is -0.392. The van der Waals surface area contributed by atoms with E-state index >= 15 is 0 Å². The fourth-order valence-electron chi connectivity index (χ4n) is 1.63. The summed E-state index contributed by atoms with van der Waals surface area (Å²) in [6, 6.07) is 1.29. The van der Waals surface area contributed by atoms with E-state index < -0.39 is 5.82 Å². The van der Waals surface area contributed by atoms with E-state index in [9.17, 15) is 4.39 Å². The van der Waals surface area contributed by atoms with E-state index in [4.69, 9.17) is 23.7 Å². The van der Waals surface area contributed by atoms with Gasteiger partial charge in [-0.2, -0.15) is 0 Å². The van der Waals surface area contributed by atoms with Crippen LogP contribution < -0.4 is 10.9 Å². The first-order valence-electron chi connectivity index (χ1n) is 4.12. The lowest BCUT2D eigenvalue weighted by Crippen LogP contribution is -2.29. The van der Waals surface area contributed by atoms with Crippen molar-refractivity contribution in [2.45, 2.75) is 6.92 Å². The van der Waals surface area contributed by atoms with E-state index in [1.54, 1.807) is 6.20 Å². The number of hydrogen-bond donors (Lipinski definition) is 0. The Morgan fingerprint density at radius 2 is 1.93 bits per heavy atom. The molecule has 62 valence electrons. The van der Waals surface area contributed by atoms with E-state index in [0.29, 0.717) is 10.9 Å². The Bertz CT molecular complexity index is 518. The van der Waals surface area contributed by atoms with Crippen LogP contribution >= 0.6 is 0 Å². The number of hydrogen-bond acceptors (Lipinski definition) is 0. The molecule has 1 aromatic heterocycles. The molecule has 1 aromatic carbocycles. The van der Waals surface area contributed by atoms with Crippen molar-refractivity contribution < 1.29 is 4.39 Å². The molecule has 5 heteroatoms. The molecule has 1 nitrogen and oxygen atoms in total. The molecule has 0 saturated carbocycles. The Morgan fingerprint density at radius 3 is 2.57 bits per heavy atom. The highest BCUT2D eigenvalue weighted by atomic mass is 19.1. The number of aromatic nitrogens is 1. The van der Waals surface area contributed by atoms with Gasteiger partial charge in [0.1, 0.15) is 21.5 Å². The lowest BCUT2D eigenvalue weighted by Gasteiger charge is -2.06. The molecule has 14 heavy (non-hydrogen) atoms. The van der Waals surface area contributed by atoms with Crippen LogP contribution in [-0.2, 0) is 0 Å². The lowest BCUT2D eigenvalue weighted by molar-refractivity contribution is 0.638. The highest BCUT2D eigenvalue weighted by Gasteiger charge is 2.10. The minimum atomic E-state index is -0.542. The van der Waals surface area contributed by atoms with Gasteiger partial charge in [0.2, 0.25) is 7.98 Å². The third-order valence-electron chi connectivity index (χ3n) is 2.34. The van der Waals surface area contributed by atoms with Crippen LogP contribution in [-0.4, -0.2) is 28.2 Å². The molecule has 0 atom stereocenters. The second kappa shape index (κ2) is 2.94. The third kappa shape index (κ3) is 1.11. The van der Waals surface area contributed by atoms with Crippen molar-refractivity contribution in [1.82, 2.24) is 4.48 Å². The number of benzene rings is 1. The van der Waals surface area contributed by atoms with Crippen molar-refractivity contribution in [1.29, 1.82) is 0 Å². The smallest absolute Gasteiger partial charge is 0.234 e. The number of nitrogens with zero attached hydrogens (tertiary/aromatic N) is 1. The van der Waals surface area contributed by atoms with E-state index in [1.165, 1.54) is 10.5 Å². The molecule has 0 aliphatic heterocycles. The van der Waals surface area contributed by atoms with Gasteiger partial charge in [-0.15, -0.1) is 0 Å². The van der Waals surface area contributed by atoms with Crippen LogP contribution in [0.5, 0.6) is 0 Å². The van der Waals surface area contributed by atoms with Gasteiger partial charge in [0.25, 0.3) is 0 Å². The highest BCUT2D eigenvalue weighted by Crippen LogP contribution is 2.17. The van der Waals surface area contributed by atoms with Crippen LogP contribution in [0.15, 0.2) is 12.3 Å². The van der Waals surface area contributed by atoms with Crippen molar-refractivity contribution >= 4 is 45.5 Å². The van der Waals surface area contributed by atoms with Gasteiger partial charge in [-0.05, 0) is 30.1 Å². The first kappa shape index (κ1) is 9.44. The predicted molar refractivity (Wildman–Crippen MR) is 58.6 cm³/mol. The van der Waals surface area contributed by atoms with Crippen LogP contribution in [0.1, 0.15) is 5.56 Å². The Morgan fingerprint density at radius 1 is 1.29 bits per heavy atom. The molecule has 2 aromatic rings. The van der Waals surface area contributed by atoms with Gasteiger partial charge in [0, 0.05) is 5.52 Å². The minimum Gasteiger partial charge on any atom is -0.403 e. The van der Waals surface area contributed by atoms with Gasteiger partial charge in [-0.1, -0.05) is 10.9 Å². The van der Waals surface area contributed by atoms with Gasteiger partial charge < -0.3 is 4.48 Å². The van der Waals surface area contributed by atoms with Crippen LogP contribution in [0, 0.1) is 12.7 Å². The van der Waals surface area contributed by atoms with Gasteiger partial charge in [0.05, 0.1) is 0 Å². The van der Waals surface area contributed by atoms with Crippen molar-refractivity contribution in [3.05, 3.63) is 23.6 Å². The van der Waals surface area contributed by atoms with Crippen LogP contribution in [0.2, 0.25) is 0 Å². The Hall–Kier alpha value is -1.12. The number of halogens is 1. The summed E-state index contributed by atoms with van der Waals surface area (Å²) in [5, 5.41) is 0.714. The molecule has 0 aliphatic carbocycles. The van der Waals surface area contributed by atoms with Gasteiger partial charge in [-0.3, -0.25) is 0 Å². The summed E-state index contributed by atoms with van der Waals surface area (Å²) >= 11 is 0.